The van der Waals surface area contributed by atoms with Crippen LogP contribution in [0.5, 0.6) is 0 Å². The number of nitrogens with two attached hydrogens (primary N) is 1. The second-order valence-corrected chi connectivity index (χ2v) is 5.22. The molecule has 0 radical (unpaired) electrons. The Morgan fingerprint density at radius 3 is 2.95 bits per heavy atom. The molecule has 3 rings (SSSR count). The van der Waals surface area contributed by atoms with Crippen molar-refractivity contribution in [2.24, 2.45) is 10.9 Å². The van der Waals surface area contributed by atoms with Crippen molar-refractivity contribution in [3.63, 3.8) is 0 Å². The fraction of sp³-hybridized carbons (Fsp3) is 0.308. The third kappa shape index (κ3) is 2.02. The first kappa shape index (κ1) is 12.9. The molecule has 1 aliphatic carbocycles. The van der Waals surface area contributed by atoms with Gasteiger partial charge in [-0.25, -0.2) is 9.67 Å². The molecule has 0 atom stereocenters. The summed E-state index contributed by atoms with van der Waals surface area (Å²) in [7, 11) is 0. The zero-order valence-corrected chi connectivity index (χ0v) is 11.7. The van der Waals surface area contributed by atoms with E-state index in [2.05, 4.69) is 15.2 Å². The molecule has 0 fully saturated rings. The molecule has 20 heavy (non-hydrogen) atoms. The van der Waals surface area contributed by atoms with Crippen molar-refractivity contribution in [3.8, 4) is 5.82 Å². The molecular formula is C13H14ClN5O. The molecule has 7 heteroatoms. The lowest BCUT2D eigenvalue weighted by atomic mass is 10.1. The molecule has 0 bridgehead atoms. The Morgan fingerprint density at radius 1 is 1.50 bits per heavy atom. The second kappa shape index (κ2) is 4.79. The molecule has 2 aromatic rings. The Balaban J connectivity index is 2.22. The van der Waals surface area contributed by atoms with Crippen molar-refractivity contribution in [2.45, 2.75) is 26.2 Å². The van der Waals surface area contributed by atoms with Gasteiger partial charge < -0.3 is 10.9 Å². The monoisotopic (exact) mass is 291 g/mol. The average Bonchev–Trinajstić information content (AvgIpc) is 3.03. The van der Waals surface area contributed by atoms with Crippen LogP contribution >= 0.6 is 11.6 Å². The Kier molecular flexibility index (Phi) is 3.10. The predicted molar refractivity (Wildman–Crippen MR) is 75.6 cm³/mol. The standard InChI is InChI=1S/C13H14ClN5O/c1-7-10(14)6-19(17-7)13-9(12(15)18-20)5-8-3-2-4-11(8)16-13/h5-6,20H,2-4H2,1H3,(H2,15,18). The number of rotatable bonds is 2. The molecule has 0 unspecified atom stereocenters. The molecule has 2 aromatic heterocycles. The van der Waals surface area contributed by atoms with Crippen LogP contribution in [-0.4, -0.2) is 25.8 Å². The lowest BCUT2D eigenvalue weighted by molar-refractivity contribution is 0.318. The maximum absolute atomic E-state index is 8.95. The summed E-state index contributed by atoms with van der Waals surface area (Å²) < 4.78 is 1.57. The van der Waals surface area contributed by atoms with Crippen LogP contribution in [0.15, 0.2) is 17.4 Å². The highest BCUT2D eigenvalue weighted by Gasteiger charge is 2.20. The minimum absolute atomic E-state index is 0.0199. The van der Waals surface area contributed by atoms with Gasteiger partial charge in [-0.3, -0.25) is 0 Å². The highest BCUT2D eigenvalue weighted by atomic mass is 35.5. The Morgan fingerprint density at radius 2 is 2.30 bits per heavy atom. The van der Waals surface area contributed by atoms with Gasteiger partial charge in [0.05, 0.1) is 22.5 Å². The second-order valence-electron chi connectivity index (χ2n) is 4.81. The van der Waals surface area contributed by atoms with Crippen LogP contribution in [-0.2, 0) is 12.8 Å². The van der Waals surface area contributed by atoms with Crippen molar-refractivity contribution in [1.82, 2.24) is 14.8 Å². The number of hydrogen-bond donors (Lipinski definition) is 2. The van der Waals surface area contributed by atoms with Crippen molar-refractivity contribution in [3.05, 3.63) is 39.8 Å². The van der Waals surface area contributed by atoms with Crippen molar-refractivity contribution in [2.75, 3.05) is 0 Å². The van der Waals surface area contributed by atoms with Gasteiger partial charge >= 0.3 is 0 Å². The fourth-order valence-corrected chi connectivity index (χ4v) is 2.56. The van der Waals surface area contributed by atoms with E-state index in [1.165, 1.54) is 0 Å². The minimum Gasteiger partial charge on any atom is -0.409 e. The van der Waals surface area contributed by atoms with E-state index in [0.29, 0.717) is 22.1 Å². The number of halogens is 1. The molecular weight excluding hydrogens is 278 g/mol. The molecule has 0 spiro atoms. The van der Waals surface area contributed by atoms with Gasteiger partial charge in [-0.05, 0) is 37.8 Å². The molecule has 0 saturated carbocycles. The SMILES string of the molecule is Cc1nn(-c2nc3c(cc2C(N)=NO)CCC3)cc1Cl. The summed E-state index contributed by atoms with van der Waals surface area (Å²) >= 11 is 6.04. The third-order valence-electron chi connectivity index (χ3n) is 3.47. The first-order chi connectivity index (χ1) is 9.60. The van der Waals surface area contributed by atoms with Gasteiger partial charge in [0.15, 0.2) is 11.7 Å². The maximum Gasteiger partial charge on any atom is 0.173 e. The van der Waals surface area contributed by atoms with Gasteiger partial charge in [-0.2, -0.15) is 5.10 Å². The van der Waals surface area contributed by atoms with E-state index in [1.54, 1.807) is 10.9 Å². The Hall–Kier alpha value is -2.08. The molecule has 0 amide bonds. The van der Waals surface area contributed by atoms with E-state index in [-0.39, 0.29) is 5.84 Å². The van der Waals surface area contributed by atoms with Crippen molar-refractivity contribution < 1.29 is 5.21 Å². The smallest absolute Gasteiger partial charge is 0.173 e. The number of aryl methyl sites for hydroxylation is 3. The van der Waals surface area contributed by atoms with Crippen LogP contribution in [0.1, 0.15) is 28.9 Å². The van der Waals surface area contributed by atoms with Gasteiger partial charge in [0, 0.05) is 5.69 Å². The molecule has 0 saturated heterocycles. The molecule has 3 N–H and O–H groups in total. The topological polar surface area (TPSA) is 89.3 Å². The number of nitrogens with zero attached hydrogens (tertiary/aromatic N) is 4. The summed E-state index contributed by atoms with van der Waals surface area (Å²) in [5, 5.41) is 16.9. The highest BCUT2D eigenvalue weighted by Crippen LogP contribution is 2.25. The summed E-state index contributed by atoms with van der Waals surface area (Å²) in [6.07, 6.45) is 4.65. The number of pyridine rings is 1. The maximum atomic E-state index is 8.95. The molecule has 104 valence electrons. The van der Waals surface area contributed by atoms with Gasteiger partial charge in [-0.1, -0.05) is 16.8 Å². The van der Waals surface area contributed by atoms with Crippen LogP contribution in [0.2, 0.25) is 5.02 Å². The van der Waals surface area contributed by atoms with E-state index in [9.17, 15) is 0 Å². The third-order valence-corrected chi connectivity index (χ3v) is 3.84. The average molecular weight is 292 g/mol. The van der Waals surface area contributed by atoms with Gasteiger partial charge in [0.25, 0.3) is 0 Å². The van der Waals surface area contributed by atoms with E-state index in [0.717, 1.165) is 30.5 Å². The first-order valence-electron chi connectivity index (χ1n) is 6.33. The zero-order chi connectivity index (χ0) is 14.3. The normalized spacial score (nSPS) is 14.6. The summed E-state index contributed by atoms with van der Waals surface area (Å²) in [4.78, 5) is 4.62. The number of aromatic nitrogens is 3. The number of amidine groups is 1. The van der Waals surface area contributed by atoms with Crippen LogP contribution in [0.4, 0.5) is 0 Å². The molecule has 0 aliphatic heterocycles. The molecule has 0 aromatic carbocycles. The van der Waals surface area contributed by atoms with Crippen molar-refractivity contribution in [1.29, 1.82) is 0 Å². The Labute approximate surface area is 120 Å². The van der Waals surface area contributed by atoms with E-state index < -0.39 is 0 Å². The summed E-state index contributed by atoms with van der Waals surface area (Å²) in [5.74, 6) is 0.558. The highest BCUT2D eigenvalue weighted by molar-refractivity contribution is 6.31. The summed E-state index contributed by atoms with van der Waals surface area (Å²) in [6, 6.07) is 1.92. The van der Waals surface area contributed by atoms with E-state index in [1.807, 2.05) is 13.0 Å². The van der Waals surface area contributed by atoms with Gasteiger partial charge in [0.1, 0.15) is 0 Å². The molecule has 1 aliphatic rings. The lowest BCUT2D eigenvalue weighted by Crippen LogP contribution is -2.19. The largest absolute Gasteiger partial charge is 0.409 e. The lowest BCUT2D eigenvalue weighted by Gasteiger charge is -2.10. The zero-order valence-electron chi connectivity index (χ0n) is 11.0. The quantitative estimate of drug-likeness (QED) is 0.382. The Bertz CT molecular complexity index is 688. The fourth-order valence-electron chi connectivity index (χ4n) is 2.43. The van der Waals surface area contributed by atoms with Crippen LogP contribution in [0.25, 0.3) is 5.82 Å². The van der Waals surface area contributed by atoms with Crippen LogP contribution in [0, 0.1) is 6.92 Å². The number of hydrogen-bond acceptors (Lipinski definition) is 4. The van der Waals surface area contributed by atoms with Gasteiger partial charge in [0.2, 0.25) is 0 Å². The first-order valence-corrected chi connectivity index (χ1v) is 6.70. The van der Waals surface area contributed by atoms with Crippen molar-refractivity contribution >= 4 is 17.4 Å². The molecule has 6 nitrogen and oxygen atoms in total. The predicted octanol–water partition coefficient (Wildman–Crippen LogP) is 1.81. The van der Waals surface area contributed by atoms with Gasteiger partial charge in [-0.15, -0.1) is 0 Å². The van der Waals surface area contributed by atoms with Crippen LogP contribution < -0.4 is 5.73 Å². The summed E-state index contributed by atoms with van der Waals surface area (Å²) in [6.45, 7) is 1.81. The number of oxime groups is 1. The number of fused-ring (bicyclic) bond motifs is 1. The molecule has 2 heterocycles. The van der Waals surface area contributed by atoms with E-state index >= 15 is 0 Å². The van der Waals surface area contributed by atoms with E-state index in [4.69, 9.17) is 22.5 Å². The summed E-state index contributed by atoms with van der Waals surface area (Å²) in [5.41, 5.74) is 9.21. The minimum atomic E-state index is 0.0199. The van der Waals surface area contributed by atoms with Crippen LogP contribution in [0.3, 0.4) is 0 Å².